The highest BCUT2D eigenvalue weighted by Gasteiger charge is 2.08. The van der Waals surface area contributed by atoms with Gasteiger partial charge in [0.05, 0.1) is 12.1 Å². The van der Waals surface area contributed by atoms with Crippen molar-refractivity contribution in [2.45, 2.75) is 13.3 Å². The molecule has 0 unspecified atom stereocenters. The molecule has 0 fully saturated rings. The Labute approximate surface area is 124 Å². The first kappa shape index (κ1) is 13.4. The second kappa shape index (κ2) is 5.83. The molecule has 3 rings (SSSR count). The van der Waals surface area contributed by atoms with Crippen molar-refractivity contribution in [3.8, 4) is 5.75 Å². The van der Waals surface area contributed by atoms with E-state index in [-0.39, 0.29) is 0 Å². The number of aromatic nitrogens is 1. The van der Waals surface area contributed by atoms with Crippen molar-refractivity contribution in [1.82, 2.24) is 4.98 Å². The summed E-state index contributed by atoms with van der Waals surface area (Å²) in [6, 6.07) is 18.2. The molecule has 2 N–H and O–H groups in total. The number of nitrogens with two attached hydrogens (primary N) is 1. The normalized spacial score (nSPS) is 10.7. The summed E-state index contributed by atoms with van der Waals surface area (Å²) in [4.78, 5) is 4.48. The molecule has 106 valence electrons. The van der Waals surface area contributed by atoms with Gasteiger partial charge in [0.1, 0.15) is 11.6 Å². The highest BCUT2D eigenvalue weighted by molar-refractivity contribution is 5.81. The van der Waals surface area contributed by atoms with Crippen LogP contribution in [0.5, 0.6) is 5.75 Å². The van der Waals surface area contributed by atoms with E-state index in [1.807, 2.05) is 43.3 Å². The Kier molecular flexibility index (Phi) is 3.73. The molecule has 0 saturated heterocycles. The molecule has 0 saturated carbocycles. The van der Waals surface area contributed by atoms with Crippen LogP contribution < -0.4 is 10.5 Å². The van der Waals surface area contributed by atoms with E-state index in [1.165, 1.54) is 0 Å². The predicted octanol–water partition coefficient (Wildman–Crippen LogP) is 3.81. The number of anilines is 1. The van der Waals surface area contributed by atoms with Gasteiger partial charge in [0.15, 0.2) is 0 Å². The molecule has 1 heterocycles. The van der Waals surface area contributed by atoms with E-state index in [2.05, 4.69) is 23.2 Å². The fourth-order valence-electron chi connectivity index (χ4n) is 2.47. The Morgan fingerprint density at radius 3 is 2.62 bits per heavy atom. The van der Waals surface area contributed by atoms with Gasteiger partial charge in [0.2, 0.25) is 0 Å². The molecule has 3 nitrogen and oxygen atoms in total. The summed E-state index contributed by atoms with van der Waals surface area (Å²) in [5.41, 5.74) is 9.19. The van der Waals surface area contributed by atoms with Crippen LogP contribution in [-0.4, -0.2) is 11.6 Å². The van der Waals surface area contributed by atoms with Crippen molar-refractivity contribution >= 4 is 16.7 Å². The smallest absolute Gasteiger partial charge is 0.127 e. The minimum absolute atomic E-state index is 0.583. The Bertz CT molecular complexity index is 768. The van der Waals surface area contributed by atoms with Crippen LogP contribution >= 0.6 is 0 Å². The van der Waals surface area contributed by atoms with Crippen molar-refractivity contribution in [2.24, 2.45) is 0 Å². The monoisotopic (exact) mass is 278 g/mol. The van der Waals surface area contributed by atoms with E-state index in [0.29, 0.717) is 12.4 Å². The van der Waals surface area contributed by atoms with Crippen LogP contribution in [0.15, 0.2) is 54.6 Å². The van der Waals surface area contributed by atoms with Gasteiger partial charge in [-0.3, -0.25) is 0 Å². The van der Waals surface area contributed by atoms with Gasteiger partial charge in [-0.25, -0.2) is 4.98 Å². The summed E-state index contributed by atoms with van der Waals surface area (Å²) < 4.78 is 5.68. The van der Waals surface area contributed by atoms with Crippen LogP contribution in [0.25, 0.3) is 10.9 Å². The van der Waals surface area contributed by atoms with Gasteiger partial charge in [-0.1, -0.05) is 36.4 Å². The summed E-state index contributed by atoms with van der Waals surface area (Å²) in [5.74, 6) is 1.49. The molecular weight excluding hydrogens is 260 g/mol. The number of ether oxygens (including phenoxy) is 1. The summed E-state index contributed by atoms with van der Waals surface area (Å²) in [6.07, 6.45) is 0.722. The zero-order chi connectivity index (χ0) is 14.7. The van der Waals surface area contributed by atoms with Gasteiger partial charge in [0.25, 0.3) is 0 Å². The van der Waals surface area contributed by atoms with E-state index in [1.54, 1.807) is 0 Å². The molecule has 1 aromatic heterocycles. The number of pyridine rings is 1. The van der Waals surface area contributed by atoms with Gasteiger partial charge in [-0.05, 0) is 36.2 Å². The Morgan fingerprint density at radius 1 is 1.00 bits per heavy atom. The summed E-state index contributed by atoms with van der Waals surface area (Å²) >= 11 is 0. The maximum Gasteiger partial charge on any atom is 0.127 e. The number of nitrogens with zero attached hydrogens (tertiary/aromatic N) is 1. The van der Waals surface area contributed by atoms with Crippen molar-refractivity contribution < 1.29 is 4.74 Å². The lowest BCUT2D eigenvalue weighted by molar-refractivity contribution is 0.337. The van der Waals surface area contributed by atoms with Gasteiger partial charge in [-0.15, -0.1) is 0 Å². The molecule has 3 heteroatoms. The number of rotatable bonds is 4. The zero-order valence-corrected chi connectivity index (χ0v) is 12.0. The Morgan fingerprint density at radius 2 is 1.76 bits per heavy atom. The first-order valence-electron chi connectivity index (χ1n) is 7.12. The zero-order valence-electron chi connectivity index (χ0n) is 12.0. The first-order valence-corrected chi connectivity index (χ1v) is 7.12. The third kappa shape index (κ3) is 2.82. The highest BCUT2D eigenvalue weighted by atomic mass is 16.5. The van der Waals surface area contributed by atoms with Crippen molar-refractivity contribution in [3.05, 3.63) is 65.7 Å². The fourth-order valence-corrected chi connectivity index (χ4v) is 2.47. The molecule has 0 aliphatic rings. The van der Waals surface area contributed by atoms with Crippen LogP contribution in [0.4, 0.5) is 5.82 Å². The third-order valence-electron chi connectivity index (χ3n) is 3.49. The first-order chi connectivity index (χ1) is 10.3. The van der Waals surface area contributed by atoms with Crippen LogP contribution in [0.3, 0.4) is 0 Å². The molecular formula is C18H18N2O. The van der Waals surface area contributed by atoms with E-state index in [9.17, 15) is 0 Å². The number of hydrogen-bond donors (Lipinski definition) is 1. The number of fused-ring (bicyclic) bond motifs is 1. The van der Waals surface area contributed by atoms with E-state index < -0.39 is 0 Å². The van der Waals surface area contributed by atoms with E-state index in [4.69, 9.17) is 10.5 Å². The summed E-state index contributed by atoms with van der Waals surface area (Å²) in [5, 5.41) is 1.11. The molecule has 0 spiro atoms. The molecule has 0 aliphatic heterocycles. The summed E-state index contributed by atoms with van der Waals surface area (Å²) in [7, 11) is 0. The van der Waals surface area contributed by atoms with Gasteiger partial charge < -0.3 is 10.5 Å². The highest BCUT2D eigenvalue weighted by Crippen LogP contribution is 2.25. The van der Waals surface area contributed by atoms with Crippen LogP contribution in [0.1, 0.15) is 18.1 Å². The number of para-hydroxylation sites is 2. The van der Waals surface area contributed by atoms with Crippen LogP contribution in [-0.2, 0) is 6.42 Å². The number of hydrogen-bond acceptors (Lipinski definition) is 3. The lowest BCUT2D eigenvalue weighted by atomic mass is 10.0. The van der Waals surface area contributed by atoms with Crippen LogP contribution in [0, 0.1) is 0 Å². The number of benzene rings is 2. The average Bonchev–Trinajstić information content (AvgIpc) is 2.50. The topological polar surface area (TPSA) is 48.1 Å². The SMILES string of the molecule is CCOc1ccccc1Cc1cc2ccccc2nc1N. The molecule has 0 aliphatic carbocycles. The molecule has 0 radical (unpaired) electrons. The second-order valence-electron chi connectivity index (χ2n) is 4.94. The van der Waals surface area contributed by atoms with Gasteiger partial charge in [0, 0.05) is 11.8 Å². The molecule has 21 heavy (non-hydrogen) atoms. The molecule has 3 aromatic rings. The van der Waals surface area contributed by atoms with E-state index in [0.717, 1.165) is 34.2 Å². The largest absolute Gasteiger partial charge is 0.494 e. The van der Waals surface area contributed by atoms with E-state index >= 15 is 0 Å². The van der Waals surface area contributed by atoms with Gasteiger partial charge >= 0.3 is 0 Å². The fraction of sp³-hybridized carbons (Fsp3) is 0.167. The Balaban J connectivity index is 2.00. The molecule has 0 bridgehead atoms. The van der Waals surface area contributed by atoms with Gasteiger partial charge in [-0.2, -0.15) is 0 Å². The lowest BCUT2D eigenvalue weighted by Crippen LogP contribution is -2.02. The third-order valence-corrected chi connectivity index (χ3v) is 3.49. The van der Waals surface area contributed by atoms with Crippen molar-refractivity contribution in [2.75, 3.05) is 12.3 Å². The lowest BCUT2D eigenvalue weighted by Gasteiger charge is -2.11. The molecule has 0 amide bonds. The maximum absolute atomic E-state index is 6.11. The average molecular weight is 278 g/mol. The molecule has 2 aromatic carbocycles. The molecule has 0 atom stereocenters. The number of nitrogen functional groups attached to an aromatic ring is 1. The summed E-state index contributed by atoms with van der Waals surface area (Å²) in [6.45, 7) is 2.64. The second-order valence-corrected chi connectivity index (χ2v) is 4.94. The quantitative estimate of drug-likeness (QED) is 0.789. The standard InChI is InChI=1S/C18H18N2O/c1-2-21-17-10-6-4-8-14(17)12-15-11-13-7-3-5-9-16(13)20-18(15)19/h3-11H,2,12H2,1H3,(H2,19,20). The minimum Gasteiger partial charge on any atom is -0.494 e. The van der Waals surface area contributed by atoms with Crippen molar-refractivity contribution in [3.63, 3.8) is 0 Å². The minimum atomic E-state index is 0.583. The predicted molar refractivity (Wildman–Crippen MR) is 86.6 cm³/mol. The van der Waals surface area contributed by atoms with Crippen LogP contribution in [0.2, 0.25) is 0 Å². The maximum atomic E-state index is 6.11. The Hall–Kier alpha value is -2.55. The van der Waals surface area contributed by atoms with Crippen molar-refractivity contribution in [1.29, 1.82) is 0 Å².